The quantitative estimate of drug-likeness (QED) is 0.344. The minimum absolute atomic E-state index is 0.0666. The van der Waals surface area contributed by atoms with Crippen LogP contribution in [0, 0.1) is 11.8 Å². The summed E-state index contributed by atoms with van der Waals surface area (Å²) >= 11 is 0. The molecule has 2 fully saturated rings. The predicted octanol–water partition coefficient (Wildman–Crippen LogP) is 5.53. The molecular weight excluding hydrogens is 428 g/mol. The fourth-order valence-corrected chi connectivity index (χ4v) is 4.98. The van der Waals surface area contributed by atoms with Crippen LogP contribution < -0.4 is 4.74 Å². The largest absolute Gasteiger partial charge is 0.497 e. The van der Waals surface area contributed by atoms with Gasteiger partial charge in [0.25, 0.3) is 0 Å². The minimum Gasteiger partial charge on any atom is -0.497 e. The van der Waals surface area contributed by atoms with Crippen LogP contribution in [0.4, 0.5) is 4.79 Å². The molecule has 2 aromatic carbocycles. The highest BCUT2D eigenvalue weighted by Gasteiger charge is 2.44. The van der Waals surface area contributed by atoms with E-state index in [1.54, 1.807) is 12.0 Å². The number of nitrogens with zero attached hydrogens (tertiary/aromatic N) is 2. The van der Waals surface area contributed by atoms with E-state index in [9.17, 15) is 4.79 Å². The van der Waals surface area contributed by atoms with Crippen molar-refractivity contribution in [3.8, 4) is 5.75 Å². The molecule has 6 heteroatoms. The van der Waals surface area contributed by atoms with Gasteiger partial charge in [0.1, 0.15) is 18.5 Å². The van der Waals surface area contributed by atoms with Crippen molar-refractivity contribution in [1.29, 1.82) is 0 Å². The Morgan fingerprint density at radius 3 is 2.88 bits per heavy atom. The number of rotatable bonds is 7. The van der Waals surface area contributed by atoms with E-state index < -0.39 is 0 Å². The van der Waals surface area contributed by atoms with Crippen LogP contribution in [0.2, 0.25) is 0 Å². The predicted molar refractivity (Wildman–Crippen MR) is 131 cm³/mol. The average molecular weight is 459 g/mol. The maximum Gasteiger partial charge on any atom is 0.410 e. The number of piperidine rings is 1. The Labute approximate surface area is 200 Å². The summed E-state index contributed by atoms with van der Waals surface area (Å²) in [6.07, 6.45) is 5.65. The maximum absolute atomic E-state index is 12.6. The first-order valence-corrected chi connectivity index (χ1v) is 11.8. The zero-order valence-electron chi connectivity index (χ0n) is 19.4. The molecule has 0 aliphatic carbocycles. The third-order valence-electron chi connectivity index (χ3n) is 6.98. The Balaban J connectivity index is 1.18. The highest BCUT2D eigenvalue weighted by Crippen LogP contribution is 2.47. The number of fused-ring (bicyclic) bond motifs is 1. The van der Waals surface area contributed by atoms with Gasteiger partial charge in [0, 0.05) is 24.7 Å². The van der Waals surface area contributed by atoms with Crippen LogP contribution in [-0.2, 0) is 16.1 Å². The number of epoxide rings is 1. The summed E-state index contributed by atoms with van der Waals surface area (Å²) in [7, 11) is 1.67. The molecule has 1 aromatic heterocycles. The molecule has 4 atom stereocenters. The van der Waals surface area contributed by atoms with Crippen molar-refractivity contribution in [2.45, 2.75) is 31.7 Å². The standard InChI is InChI=1S/C28H30N2O4/c1-3-20-17-30(28(31)33-18-19-7-5-4-6-8-19)14-12-21(20)15-26-27(34-26)23-11-13-29-25-10-9-22(32-2)16-24(23)25/h3-11,13,16,20-21,26-27H,1,12,14-15,17-18H2,2H3/t20-,21-,26+,27+/m0/s1. The van der Waals surface area contributed by atoms with Gasteiger partial charge in [-0.15, -0.1) is 6.58 Å². The monoisotopic (exact) mass is 458 g/mol. The van der Waals surface area contributed by atoms with Gasteiger partial charge in [-0.05, 0) is 60.1 Å². The molecule has 2 saturated heterocycles. The summed E-state index contributed by atoms with van der Waals surface area (Å²) in [6.45, 7) is 5.66. The number of carbonyl (C=O) groups excluding carboxylic acids is 1. The second-order valence-corrected chi connectivity index (χ2v) is 9.05. The molecule has 3 aromatic rings. The molecule has 3 heterocycles. The van der Waals surface area contributed by atoms with E-state index in [1.165, 1.54) is 0 Å². The Hall–Kier alpha value is -3.38. The van der Waals surface area contributed by atoms with Gasteiger partial charge >= 0.3 is 6.09 Å². The first kappa shape index (κ1) is 22.4. The molecule has 6 nitrogen and oxygen atoms in total. The molecule has 34 heavy (non-hydrogen) atoms. The summed E-state index contributed by atoms with van der Waals surface area (Å²) in [5, 5.41) is 1.07. The first-order valence-electron chi connectivity index (χ1n) is 11.8. The number of amides is 1. The number of pyridine rings is 1. The summed E-state index contributed by atoms with van der Waals surface area (Å²) in [6, 6.07) is 17.7. The molecule has 0 N–H and O–H groups in total. The van der Waals surface area contributed by atoms with Crippen molar-refractivity contribution in [3.05, 3.63) is 84.6 Å². The summed E-state index contributed by atoms with van der Waals surface area (Å²) in [4.78, 5) is 18.9. The maximum atomic E-state index is 12.6. The third-order valence-corrected chi connectivity index (χ3v) is 6.98. The SMILES string of the molecule is C=C[C@H]1CN(C(=O)OCc2ccccc2)CC[C@H]1C[C@H]1O[C@@H]1c1ccnc2ccc(OC)cc12. The minimum atomic E-state index is -0.257. The average Bonchev–Trinajstić information content (AvgIpc) is 3.66. The highest BCUT2D eigenvalue weighted by atomic mass is 16.6. The lowest BCUT2D eigenvalue weighted by Gasteiger charge is -2.36. The third kappa shape index (κ3) is 4.77. The van der Waals surface area contributed by atoms with Crippen LogP contribution in [0.25, 0.3) is 10.9 Å². The number of methoxy groups -OCH3 is 1. The topological polar surface area (TPSA) is 64.2 Å². The molecule has 0 saturated carbocycles. The van der Waals surface area contributed by atoms with Crippen LogP contribution in [0.15, 0.2) is 73.4 Å². The Kier molecular flexibility index (Phi) is 6.50. The molecule has 0 spiro atoms. The Morgan fingerprint density at radius 1 is 1.24 bits per heavy atom. The van der Waals surface area contributed by atoms with Crippen LogP contribution in [0.3, 0.4) is 0 Å². The van der Waals surface area contributed by atoms with Crippen molar-refractivity contribution in [2.24, 2.45) is 11.8 Å². The smallest absolute Gasteiger partial charge is 0.410 e. The van der Waals surface area contributed by atoms with Crippen molar-refractivity contribution in [1.82, 2.24) is 9.88 Å². The highest BCUT2D eigenvalue weighted by molar-refractivity contribution is 5.84. The van der Waals surface area contributed by atoms with Gasteiger partial charge in [-0.3, -0.25) is 4.98 Å². The van der Waals surface area contributed by atoms with Crippen LogP contribution in [-0.4, -0.2) is 42.3 Å². The lowest BCUT2D eigenvalue weighted by atomic mass is 9.81. The molecule has 0 radical (unpaired) electrons. The number of ether oxygens (including phenoxy) is 3. The number of benzene rings is 2. The van der Waals surface area contributed by atoms with E-state index in [-0.39, 0.29) is 24.2 Å². The fraction of sp³-hybridized carbons (Fsp3) is 0.357. The van der Waals surface area contributed by atoms with Crippen LogP contribution in [0.5, 0.6) is 5.75 Å². The fourth-order valence-electron chi connectivity index (χ4n) is 4.98. The molecule has 0 unspecified atom stereocenters. The van der Waals surface area contributed by atoms with Crippen molar-refractivity contribution < 1.29 is 19.0 Å². The number of hydrogen-bond donors (Lipinski definition) is 0. The first-order chi connectivity index (χ1) is 16.7. The summed E-state index contributed by atoms with van der Waals surface area (Å²) < 4.78 is 17.1. The van der Waals surface area contributed by atoms with Gasteiger partial charge in [-0.2, -0.15) is 0 Å². The van der Waals surface area contributed by atoms with Gasteiger partial charge in [0.15, 0.2) is 0 Å². The van der Waals surface area contributed by atoms with E-state index in [0.29, 0.717) is 25.6 Å². The van der Waals surface area contributed by atoms with E-state index in [2.05, 4.69) is 11.6 Å². The van der Waals surface area contributed by atoms with Gasteiger partial charge in [0.2, 0.25) is 0 Å². The number of hydrogen-bond acceptors (Lipinski definition) is 5. The number of likely N-dealkylation sites (tertiary alicyclic amines) is 1. The molecule has 176 valence electrons. The summed E-state index contributed by atoms with van der Waals surface area (Å²) in [5.41, 5.74) is 3.09. The number of aromatic nitrogens is 1. The van der Waals surface area contributed by atoms with Crippen LogP contribution in [0.1, 0.15) is 30.1 Å². The zero-order valence-corrected chi connectivity index (χ0v) is 19.4. The Bertz CT molecular complexity index is 1170. The Morgan fingerprint density at radius 2 is 2.09 bits per heavy atom. The second kappa shape index (κ2) is 9.85. The van der Waals surface area contributed by atoms with Gasteiger partial charge in [0.05, 0.1) is 18.7 Å². The summed E-state index contributed by atoms with van der Waals surface area (Å²) in [5.74, 6) is 1.46. The van der Waals surface area contributed by atoms with E-state index in [0.717, 1.165) is 40.6 Å². The molecule has 2 aliphatic rings. The van der Waals surface area contributed by atoms with E-state index in [4.69, 9.17) is 14.2 Å². The molecule has 2 aliphatic heterocycles. The van der Waals surface area contributed by atoms with Crippen LogP contribution >= 0.6 is 0 Å². The van der Waals surface area contributed by atoms with Crippen molar-refractivity contribution in [3.63, 3.8) is 0 Å². The zero-order chi connectivity index (χ0) is 23.5. The lowest BCUT2D eigenvalue weighted by Crippen LogP contribution is -2.43. The molecule has 0 bridgehead atoms. The van der Waals surface area contributed by atoms with Crippen molar-refractivity contribution >= 4 is 17.0 Å². The second-order valence-electron chi connectivity index (χ2n) is 9.05. The van der Waals surface area contributed by atoms with Crippen molar-refractivity contribution in [2.75, 3.05) is 20.2 Å². The van der Waals surface area contributed by atoms with Gasteiger partial charge in [-0.25, -0.2) is 4.79 Å². The van der Waals surface area contributed by atoms with Gasteiger partial charge in [-0.1, -0.05) is 36.4 Å². The van der Waals surface area contributed by atoms with E-state index >= 15 is 0 Å². The van der Waals surface area contributed by atoms with Gasteiger partial charge < -0.3 is 19.1 Å². The molecule has 5 rings (SSSR count). The number of carbonyl (C=O) groups is 1. The molecule has 1 amide bonds. The lowest BCUT2D eigenvalue weighted by molar-refractivity contribution is 0.0698. The van der Waals surface area contributed by atoms with E-state index in [1.807, 2.05) is 66.9 Å². The normalized spacial score (nSPS) is 24.0. The molecular formula is C28H30N2O4.